The molecule has 0 saturated carbocycles. The minimum absolute atomic E-state index is 0.0396. The second-order valence-electron chi connectivity index (χ2n) is 3.62. The van der Waals surface area contributed by atoms with Crippen LogP contribution in [-0.2, 0) is 9.53 Å². The molecule has 84 valence electrons. The Kier molecular flexibility index (Phi) is 5.72. The Morgan fingerprint density at radius 3 is 2.50 bits per heavy atom. The van der Waals surface area contributed by atoms with Crippen LogP contribution in [-0.4, -0.2) is 50.7 Å². The van der Waals surface area contributed by atoms with Gasteiger partial charge in [-0.15, -0.1) is 0 Å². The number of carbonyl (C=O) groups is 1. The number of hydrogen-bond acceptors (Lipinski definition) is 3. The van der Waals surface area contributed by atoms with Gasteiger partial charge in [0.2, 0.25) is 0 Å². The van der Waals surface area contributed by atoms with E-state index in [9.17, 15) is 4.79 Å². The fourth-order valence-corrected chi connectivity index (χ4v) is 1.17. The summed E-state index contributed by atoms with van der Waals surface area (Å²) in [5, 5.41) is 3.01. The number of methoxy groups -OCH3 is 1. The molecule has 1 N–H and O–H groups in total. The maximum Gasteiger partial charge on any atom is 0.254 e. The quantitative estimate of drug-likeness (QED) is 0.681. The van der Waals surface area contributed by atoms with Gasteiger partial charge >= 0.3 is 0 Å². The summed E-state index contributed by atoms with van der Waals surface area (Å²) in [6.45, 7) is 5.28. The maximum absolute atomic E-state index is 11.9. The molecule has 0 radical (unpaired) electrons. The number of hydrogen-bond donors (Lipinski definition) is 1. The first-order chi connectivity index (χ1) is 6.51. The summed E-state index contributed by atoms with van der Waals surface area (Å²) in [4.78, 5) is 13.6. The van der Waals surface area contributed by atoms with Gasteiger partial charge in [0.25, 0.3) is 5.91 Å². The van der Waals surface area contributed by atoms with Crippen LogP contribution in [0.2, 0.25) is 0 Å². The molecule has 4 heteroatoms. The lowest BCUT2D eigenvalue weighted by atomic mass is 10.0. The average molecular weight is 202 g/mol. The molecule has 0 aromatic carbocycles. The van der Waals surface area contributed by atoms with E-state index < -0.39 is 5.60 Å². The Hall–Kier alpha value is -0.610. The number of nitrogens with one attached hydrogen (secondary N) is 1. The number of likely N-dealkylation sites (N-methyl/N-ethyl adjacent to an activating group) is 2. The third-order valence-electron chi connectivity index (χ3n) is 2.62. The molecule has 0 aliphatic carbocycles. The van der Waals surface area contributed by atoms with Crippen molar-refractivity contribution < 1.29 is 9.53 Å². The van der Waals surface area contributed by atoms with Crippen molar-refractivity contribution in [3.8, 4) is 0 Å². The third-order valence-corrected chi connectivity index (χ3v) is 2.62. The molecular formula is C10H22N2O2. The van der Waals surface area contributed by atoms with Gasteiger partial charge in [-0.1, -0.05) is 6.92 Å². The molecule has 0 aromatic heterocycles. The SMILES string of the molecule is CCC(C)(OC)C(=O)N(C)CCNC. The van der Waals surface area contributed by atoms with Gasteiger partial charge in [-0.3, -0.25) is 4.79 Å². The molecule has 0 fully saturated rings. The summed E-state index contributed by atoms with van der Waals surface area (Å²) in [6, 6.07) is 0. The molecule has 0 saturated heterocycles. The fraction of sp³-hybridized carbons (Fsp3) is 0.900. The second-order valence-corrected chi connectivity index (χ2v) is 3.62. The highest BCUT2D eigenvalue weighted by Gasteiger charge is 2.33. The number of amides is 1. The molecule has 14 heavy (non-hydrogen) atoms. The van der Waals surface area contributed by atoms with Gasteiger partial charge < -0.3 is 15.0 Å². The number of carbonyl (C=O) groups excluding carboxylic acids is 1. The average Bonchev–Trinajstić information content (AvgIpc) is 2.23. The summed E-state index contributed by atoms with van der Waals surface area (Å²) in [5.41, 5.74) is -0.678. The Morgan fingerprint density at radius 1 is 1.57 bits per heavy atom. The van der Waals surface area contributed by atoms with Crippen LogP contribution in [0.1, 0.15) is 20.3 Å². The smallest absolute Gasteiger partial charge is 0.254 e. The maximum atomic E-state index is 11.9. The van der Waals surface area contributed by atoms with Crippen molar-refractivity contribution in [3.05, 3.63) is 0 Å². The monoisotopic (exact) mass is 202 g/mol. The number of rotatable bonds is 6. The fourth-order valence-electron chi connectivity index (χ4n) is 1.17. The highest BCUT2D eigenvalue weighted by atomic mass is 16.5. The Labute approximate surface area is 86.6 Å². The van der Waals surface area contributed by atoms with E-state index in [0.717, 1.165) is 6.54 Å². The number of ether oxygens (including phenoxy) is 1. The van der Waals surface area contributed by atoms with E-state index in [-0.39, 0.29) is 5.91 Å². The van der Waals surface area contributed by atoms with Gasteiger partial charge in [0.15, 0.2) is 0 Å². The van der Waals surface area contributed by atoms with Gasteiger partial charge in [-0.25, -0.2) is 0 Å². The summed E-state index contributed by atoms with van der Waals surface area (Å²) in [5.74, 6) is 0.0396. The van der Waals surface area contributed by atoms with Gasteiger partial charge in [-0.05, 0) is 20.4 Å². The summed E-state index contributed by atoms with van der Waals surface area (Å²) < 4.78 is 5.24. The molecular weight excluding hydrogens is 180 g/mol. The molecule has 1 amide bonds. The molecule has 1 unspecified atom stereocenters. The van der Waals surface area contributed by atoms with E-state index >= 15 is 0 Å². The van der Waals surface area contributed by atoms with Crippen molar-refractivity contribution in [2.45, 2.75) is 25.9 Å². The van der Waals surface area contributed by atoms with Gasteiger partial charge in [0, 0.05) is 27.2 Å². The van der Waals surface area contributed by atoms with Gasteiger partial charge in [0.05, 0.1) is 0 Å². The highest BCUT2D eigenvalue weighted by Crippen LogP contribution is 2.16. The van der Waals surface area contributed by atoms with Crippen LogP contribution in [0.3, 0.4) is 0 Å². The zero-order valence-electron chi connectivity index (χ0n) is 9.89. The molecule has 0 spiro atoms. The molecule has 0 aliphatic rings. The predicted molar refractivity (Wildman–Crippen MR) is 57.3 cm³/mol. The minimum Gasteiger partial charge on any atom is -0.369 e. The van der Waals surface area contributed by atoms with E-state index in [1.807, 2.05) is 20.9 Å². The zero-order valence-corrected chi connectivity index (χ0v) is 9.89. The lowest BCUT2D eigenvalue weighted by Crippen LogP contribution is -2.47. The molecule has 0 bridgehead atoms. The highest BCUT2D eigenvalue weighted by molar-refractivity contribution is 5.84. The molecule has 4 nitrogen and oxygen atoms in total. The largest absolute Gasteiger partial charge is 0.369 e. The van der Waals surface area contributed by atoms with E-state index in [1.54, 1.807) is 19.1 Å². The van der Waals surface area contributed by atoms with E-state index in [4.69, 9.17) is 4.74 Å². The van der Waals surface area contributed by atoms with Crippen LogP contribution in [0.15, 0.2) is 0 Å². The first kappa shape index (κ1) is 13.4. The molecule has 0 aliphatic heterocycles. The summed E-state index contributed by atoms with van der Waals surface area (Å²) in [6.07, 6.45) is 0.687. The summed E-state index contributed by atoms with van der Waals surface area (Å²) >= 11 is 0. The second kappa shape index (κ2) is 5.98. The van der Waals surface area contributed by atoms with E-state index in [1.165, 1.54) is 0 Å². The van der Waals surface area contributed by atoms with Crippen molar-refractivity contribution in [2.75, 3.05) is 34.3 Å². The van der Waals surface area contributed by atoms with E-state index in [2.05, 4.69) is 5.32 Å². The third kappa shape index (κ3) is 3.27. The Bertz CT molecular complexity index is 179. The molecule has 1 atom stereocenters. The molecule has 0 heterocycles. The zero-order chi connectivity index (χ0) is 11.2. The van der Waals surface area contributed by atoms with Crippen LogP contribution in [0.25, 0.3) is 0 Å². The first-order valence-corrected chi connectivity index (χ1v) is 4.97. The standard InChI is InChI=1S/C10H22N2O2/c1-6-10(2,14-5)9(13)12(4)8-7-11-3/h11H,6-8H2,1-5H3. The van der Waals surface area contributed by atoms with Gasteiger partial charge in [-0.2, -0.15) is 0 Å². The van der Waals surface area contributed by atoms with Crippen LogP contribution in [0, 0.1) is 0 Å². The van der Waals surface area contributed by atoms with Crippen molar-refractivity contribution in [3.63, 3.8) is 0 Å². The Balaban J connectivity index is 4.28. The lowest BCUT2D eigenvalue weighted by molar-refractivity contribution is -0.151. The van der Waals surface area contributed by atoms with Crippen LogP contribution in [0.4, 0.5) is 0 Å². The topological polar surface area (TPSA) is 41.6 Å². The van der Waals surface area contributed by atoms with E-state index in [0.29, 0.717) is 13.0 Å². The van der Waals surface area contributed by atoms with Crippen LogP contribution in [0.5, 0.6) is 0 Å². The first-order valence-electron chi connectivity index (χ1n) is 4.97. The van der Waals surface area contributed by atoms with Crippen molar-refractivity contribution in [1.82, 2.24) is 10.2 Å². The predicted octanol–water partition coefficient (Wildman–Crippen LogP) is 0.479. The Morgan fingerprint density at radius 2 is 2.14 bits per heavy atom. The van der Waals surface area contributed by atoms with Crippen molar-refractivity contribution in [1.29, 1.82) is 0 Å². The van der Waals surface area contributed by atoms with Crippen LogP contribution < -0.4 is 5.32 Å². The normalized spacial score (nSPS) is 14.9. The molecule has 0 aromatic rings. The molecule has 0 rings (SSSR count). The lowest BCUT2D eigenvalue weighted by Gasteiger charge is -2.30. The van der Waals surface area contributed by atoms with Crippen molar-refractivity contribution in [2.24, 2.45) is 0 Å². The minimum atomic E-state index is -0.678. The van der Waals surface area contributed by atoms with Gasteiger partial charge in [0.1, 0.15) is 5.60 Å². The van der Waals surface area contributed by atoms with Crippen molar-refractivity contribution >= 4 is 5.91 Å². The summed E-state index contributed by atoms with van der Waals surface area (Å²) in [7, 11) is 5.24. The van der Waals surface area contributed by atoms with Crippen LogP contribution >= 0.6 is 0 Å². The number of nitrogens with zero attached hydrogens (tertiary/aromatic N) is 1.